The lowest BCUT2D eigenvalue weighted by atomic mass is 10.1. The standard InChI is InChI=1S/C16H16ClFN4O3/c1-21-6-7-22(2)15-12(21)11(16(23)24)19-14(20-15)8-4-5-9(17)13(25-3)10(8)18/h4-5H,6-7H2,1-3H3,(H,23,24). The molecule has 0 spiro atoms. The Morgan fingerprint density at radius 2 is 1.96 bits per heavy atom. The Morgan fingerprint density at radius 1 is 1.28 bits per heavy atom. The molecule has 1 aliphatic heterocycles. The quantitative estimate of drug-likeness (QED) is 0.894. The van der Waals surface area contributed by atoms with Crippen molar-refractivity contribution in [2.45, 2.75) is 0 Å². The van der Waals surface area contributed by atoms with E-state index >= 15 is 0 Å². The number of nitrogens with zero attached hydrogens (tertiary/aromatic N) is 4. The van der Waals surface area contributed by atoms with Crippen LogP contribution in [0.2, 0.25) is 5.02 Å². The summed E-state index contributed by atoms with van der Waals surface area (Å²) in [6.45, 7) is 1.29. The largest absolute Gasteiger partial charge is 0.492 e. The number of fused-ring (bicyclic) bond motifs is 1. The van der Waals surface area contributed by atoms with Gasteiger partial charge in [-0.05, 0) is 12.1 Å². The monoisotopic (exact) mass is 366 g/mol. The first-order valence-electron chi connectivity index (χ1n) is 7.45. The molecule has 2 heterocycles. The number of carboxylic acids is 1. The van der Waals surface area contributed by atoms with Crippen LogP contribution in [0.3, 0.4) is 0 Å². The lowest BCUT2D eigenvalue weighted by Crippen LogP contribution is -2.39. The highest BCUT2D eigenvalue weighted by atomic mass is 35.5. The van der Waals surface area contributed by atoms with Crippen molar-refractivity contribution in [3.63, 3.8) is 0 Å². The molecule has 25 heavy (non-hydrogen) atoms. The maximum Gasteiger partial charge on any atom is 0.356 e. The molecule has 0 fully saturated rings. The first-order chi connectivity index (χ1) is 11.8. The number of carboxylic acid groups (broad SMARTS) is 1. The van der Waals surface area contributed by atoms with Crippen molar-refractivity contribution in [1.82, 2.24) is 9.97 Å². The molecule has 1 aromatic carbocycles. The van der Waals surface area contributed by atoms with Gasteiger partial charge in [0.25, 0.3) is 0 Å². The molecule has 132 valence electrons. The van der Waals surface area contributed by atoms with E-state index in [-0.39, 0.29) is 27.9 Å². The molecule has 2 aromatic rings. The fourth-order valence-electron chi connectivity index (χ4n) is 2.74. The van der Waals surface area contributed by atoms with E-state index in [1.165, 1.54) is 19.2 Å². The molecule has 0 atom stereocenters. The smallest absolute Gasteiger partial charge is 0.356 e. The SMILES string of the molecule is COc1c(Cl)ccc(-c2nc(C(=O)O)c3c(n2)N(C)CCN3C)c1F. The third-order valence-corrected chi connectivity index (χ3v) is 4.37. The highest BCUT2D eigenvalue weighted by Gasteiger charge is 2.29. The van der Waals surface area contributed by atoms with Crippen LogP contribution >= 0.6 is 11.6 Å². The van der Waals surface area contributed by atoms with Crippen molar-refractivity contribution in [3.8, 4) is 17.1 Å². The molecule has 0 amide bonds. The van der Waals surface area contributed by atoms with Crippen LogP contribution in [0.1, 0.15) is 10.5 Å². The van der Waals surface area contributed by atoms with Crippen molar-refractivity contribution < 1.29 is 19.0 Å². The van der Waals surface area contributed by atoms with E-state index in [4.69, 9.17) is 16.3 Å². The first-order valence-corrected chi connectivity index (χ1v) is 7.83. The van der Waals surface area contributed by atoms with Gasteiger partial charge >= 0.3 is 5.97 Å². The van der Waals surface area contributed by atoms with Gasteiger partial charge in [0.1, 0.15) is 5.69 Å². The second-order valence-electron chi connectivity index (χ2n) is 5.66. The molecule has 0 saturated carbocycles. The van der Waals surface area contributed by atoms with Gasteiger partial charge in [-0.2, -0.15) is 0 Å². The minimum absolute atomic E-state index is 0.0215. The van der Waals surface area contributed by atoms with Gasteiger partial charge in [0.15, 0.2) is 28.9 Å². The van der Waals surface area contributed by atoms with Crippen molar-refractivity contribution >= 4 is 29.1 Å². The Labute approximate surface area is 148 Å². The minimum atomic E-state index is -1.21. The Kier molecular flexibility index (Phi) is 4.38. The zero-order valence-corrected chi connectivity index (χ0v) is 14.6. The Balaban J connectivity index is 2.28. The Bertz CT molecular complexity index is 862. The van der Waals surface area contributed by atoms with Crippen LogP contribution in [0.4, 0.5) is 15.9 Å². The number of halogens is 2. The molecule has 7 nitrogen and oxygen atoms in total. The summed E-state index contributed by atoms with van der Waals surface area (Å²) in [6.07, 6.45) is 0. The van der Waals surface area contributed by atoms with E-state index in [0.717, 1.165) is 0 Å². The van der Waals surface area contributed by atoms with Gasteiger partial charge in [0.2, 0.25) is 0 Å². The number of benzene rings is 1. The number of likely N-dealkylation sites (N-methyl/N-ethyl adjacent to an activating group) is 2. The van der Waals surface area contributed by atoms with E-state index in [1.807, 2.05) is 4.90 Å². The summed E-state index contributed by atoms with van der Waals surface area (Å²) in [4.78, 5) is 23.8. The molecule has 0 aliphatic carbocycles. The third kappa shape index (κ3) is 2.82. The summed E-state index contributed by atoms with van der Waals surface area (Å²) < 4.78 is 19.7. The normalized spacial score (nSPS) is 13.6. The van der Waals surface area contributed by atoms with Crippen LogP contribution in [0.15, 0.2) is 12.1 Å². The van der Waals surface area contributed by atoms with Crippen LogP contribution < -0.4 is 14.5 Å². The predicted octanol–water partition coefficient (Wildman–Crippen LogP) is 2.53. The van der Waals surface area contributed by atoms with E-state index in [1.54, 1.807) is 19.0 Å². The minimum Gasteiger partial charge on any atom is -0.492 e. The number of aromatic nitrogens is 2. The molecular formula is C16H16ClFN4O3. The van der Waals surface area contributed by atoms with Gasteiger partial charge in [-0.1, -0.05) is 11.6 Å². The van der Waals surface area contributed by atoms with E-state index in [9.17, 15) is 14.3 Å². The van der Waals surface area contributed by atoms with Gasteiger partial charge in [0.05, 0.1) is 17.7 Å². The zero-order valence-electron chi connectivity index (χ0n) is 13.9. The summed E-state index contributed by atoms with van der Waals surface area (Å²) >= 11 is 5.91. The number of carbonyl (C=O) groups is 1. The number of ether oxygens (including phenoxy) is 1. The molecule has 0 unspecified atom stereocenters. The van der Waals surface area contributed by atoms with E-state index in [2.05, 4.69) is 9.97 Å². The number of anilines is 2. The van der Waals surface area contributed by atoms with Gasteiger partial charge in [0, 0.05) is 27.2 Å². The van der Waals surface area contributed by atoms with Crippen molar-refractivity contribution in [2.24, 2.45) is 0 Å². The van der Waals surface area contributed by atoms with E-state index in [0.29, 0.717) is 24.6 Å². The number of aromatic carboxylic acids is 1. The zero-order chi connectivity index (χ0) is 18.3. The molecule has 1 aliphatic rings. The average Bonchev–Trinajstić information content (AvgIpc) is 2.58. The van der Waals surface area contributed by atoms with Gasteiger partial charge < -0.3 is 19.6 Å². The second kappa shape index (κ2) is 6.36. The lowest BCUT2D eigenvalue weighted by molar-refractivity contribution is 0.0691. The molecular weight excluding hydrogens is 351 g/mol. The van der Waals surface area contributed by atoms with E-state index < -0.39 is 11.8 Å². The third-order valence-electron chi connectivity index (χ3n) is 4.08. The Hall–Kier alpha value is -2.61. The summed E-state index contributed by atoms with van der Waals surface area (Å²) in [5.74, 6) is -1.68. The van der Waals surface area contributed by atoms with Crippen molar-refractivity contribution in [3.05, 3.63) is 28.7 Å². The fraction of sp³-hybridized carbons (Fsp3) is 0.312. The average molecular weight is 367 g/mol. The molecule has 3 rings (SSSR count). The lowest BCUT2D eigenvalue weighted by Gasteiger charge is -2.34. The predicted molar refractivity (Wildman–Crippen MR) is 92.5 cm³/mol. The summed E-state index contributed by atoms with van der Waals surface area (Å²) in [7, 11) is 4.87. The number of methoxy groups -OCH3 is 1. The van der Waals surface area contributed by atoms with Crippen LogP contribution in [0.25, 0.3) is 11.4 Å². The van der Waals surface area contributed by atoms with Crippen LogP contribution in [-0.2, 0) is 0 Å². The fourth-order valence-corrected chi connectivity index (χ4v) is 2.96. The van der Waals surface area contributed by atoms with Crippen molar-refractivity contribution in [2.75, 3.05) is 44.1 Å². The molecule has 1 aromatic heterocycles. The second-order valence-corrected chi connectivity index (χ2v) is 6.07. The molecule has 0 bridgehead atoms. The van der Waals surface area contributed by atoms with Crippen LogP contribution in [0.5, 0.6) is 5.75 Å². The first kappa shape index (κ1) is 17.2. The molecule has 9 heteroatoms. The number of hydrogen-bond acceptors (Lipinski definition) is 6. The highest BCUT2D eigenvalue weighted by Crippen LogP contribution is 2.37. The van der Waals surface area contributed by atoms with Crippen LogP contribution in [0, 0.1) is 5.82 Å². The van der Waals surface area contributed by atoms with Gasteiger partial charge in [-0.3, -0.25) is 0 Å². The maximum atomic E-state index is 14.7. The topological polar surface area (TPSA) is 78.8 Å². The molecule has 1 N–H and O–H groups in total. The number of rotatable bonds is 3. The number of hydrogen-bond donors (Lipinski definition) is 1. The molecule has 0 saturated heterocycles. The van der Waals surface area contributed by atoms with Gasteiger partial charge in [-0.25, -0.2) is 19.2 Å². The van der Waals surface area contributed by atoms with Crippen LogP contribution in [-0.4, -0.2) is 55.3 Å². The summed E-state index contributed by atoms with van der Waals surface area (Å²) in [5.41, 5.74) is 0.252. The summed E-state index contributed by atoms with van der Waals surface area (Å²) in [6, 6.07) is 2.86. The maximum absolute atomic E-state index is 14.7. The Morgan fingerprint density at radius 3 is 2.60 bits per heavy atom. The summed E-state index contributed by atoms with van der Waals surface area (Å²) in [5, 5.41) is 9.66. The van der Waals surface area contributed by atoms with Gasteiger partial charge in [-0.15, -0.1) is 0 Å². The van der Waals surface area contributed by atoms with Crippen molar-refractivity contribution in [1.29, 1.82) is 0 Å². The highest BCUT2D eigenvalue weighted by molar-refractivity contribution is 6.32. The molecule has 0 radical (unpaired) electrons.